The number of allylic oxidation sites excluding steroid dienone is 1. The average molecular weight is 501 g/mol. The van der Waals surface area contributed by atoms with Crippen LogP contribution >= 0.6 is 0 Å². The number of hydrogen-bond acceptors (Lipinski definition) is 6. The summed E-state index contributed by atoms with van der Waals surface area (Å²) >= 11 is 0. The quantitative estimate of drug-likeness (QED) is 0.387. The molecule has 0 radical (unpaired) electrons. The Kier molecular flexibility index (Phi) is 6.89. The molecule has 0 bridgehead atoms. The molecule has 4 aromatic rings. The number of alkyl carbamates (subject to hydrolysis) is 1. The first-order valence-electron chi connectivity index (χ1n) is 11.4. The first-order chi connectivity index (χ1) is 17.6. The second-order valence-corrected chi connectivity index (χ2v) is 9.36. The minimum atomic E-state index is -0.657. The van der Waals surface area contributed by atoms with Crippen LogP contribution in [0.25, 0.3) is 33.5 Å². The molecule has 0 aliphatic carbocycles. The van der Waals surface area contributed by atoms with E-state index in [9.17, 15) is 19.2 Å². The summed E-state index contributed by atoms with van der Waals surface area (Å²) in [5.74, 6) is -0.441. The number of aryl methyl sites for hydroxylation is 1. The standard InChI is InChI=1S/C27H25FN6O3/c1-27(2,3)37-26(36)30-15-23-21-11-17(8-9-20(21)25(35)33-32-23)22-14-31-34(4)24(22)12-18(13-29)16-6-5-7-19(28)10-16/h5-12,14H,15H2,1-4H3,(H,30,36)(H,33,35)/b18-12+. The monoisotopic (exact) mass is 500 g/mol. The number of nitrogens with one attached hydrogen (secondary N) is 2. The molecule has 9 nitrogen and oxygen atoms in total. The summed E-state index contributed by atoms with van der Waals surface area (Å²) in [7, 11) is 1.74. The van der Waals surface area contributed by atoms with Gasteiger partial charge < -0.3 is 10.1 Å². The zero-order valence-corrected chi connectivity index (χ0v) is 20.8. The molecule has 4 rings (SSSR count). The molecule has 0 unspecified atom stereocenters. The molecular weight excluding hydrogens is 475 g/mol. The number of amides is 1. The molecule has 1 amide bonds. The van der Waals surface area contributed by atoms with Gasteiger partial charge in [-0.05, 0) is 62.2 Å². The Balaban J connectivity index is 1.75. The minimum absolute atomic E-state index is 0.0313. The van der Waals surface area contributed by atoms with Crippen LogP contribution in [0, 0.1) is 17.1 Å². The van der Waals surface area contributed by atoms with Gasteiger partial charge in [-0.3, -0.25) is 9.48 Å². The highest BCUT2D eigenvalue weighted by Crippen LogP contribution is 2.30. The molecule has 0 atom stereocenters. The zero-order valence-electron chi connectivity index (χ0n) is 20.8. The summed E-state index contributed by atoms with van der Waals surface area (Å²) < 4.78 is 20.6. The molecule has 2 N–H and O–H groups in total. The van der Waals surface area contributed by atoms with Crippen LogP contribution in [-0.2, 0) is 18.3 Å². The summed E-state index contributed by atoms with van der Waals surface area (Å²) in [6.07, 6.45) is 2.68. The van der Waals surface area contributed by atoms with Gasteiger partial charge in [-0.2, -0.15) is 15.5 Å². The van der Waals surface area contributed by atoms with Crippen molar-refractivity contribution >= 4 is 28.5 Å². The number of carbonyl (C=O) groups excluding carboxylic acids is 1. The summed E-state index contributed by atoms with van der Waals surface area (Å²) in [6.45, 7) is 5.32. The van der Waals surface area contributed by atoms with Gasteiger partial charge in [0.05, 0.1) is 41.2 Å². The van der Waals surface area contributed by atoms with Crippen LogP contribution in [-0.4, -0.2) is 31.7 Å². The molecule has 2 aromatic heterocycles. The highest BCUT2D eigenvalue weighted by atomic mass is 19.1. The van der Waals surface area contributed by atoms with Crippen LogP contribution in [0.15, 0.2) is 53.5 Å². The number of benzene rings is 2. The van der Waals surface area contributed by atoms with Crippen molar-refractivity contribution in [1.82, 2.24) is 25.3 Å². The van der Waals surface area contributed by atoms with Crippen LogP contribution < -0.4 is 10.9 Å². The molecule has 0 spiro atoms. The lowest BCUT2D eigenvalue weighted by Crippen LogP contribution is -2.32. The molecule has 10 heteroatoms. The first kappa shape index (κ1) is 25.3. The largest absolute Gasteiger partial charge is 0.444 e. The zero-order chi connectivity index (χ0) is 26.7. The fraction of sp³-hybridized carbons (Fsp3) is 0.222. The number of nitriles is 1. The van der Waals surface area contributed by atoms with Crippen LogP contribution in [0.4, 0.5) is 9.18 Å². The van der Waals surface area contributed by atoms with Crippen molar-refractivity contribution < 1.29 is 13.9 Å². The van der Waals surface area contributed by atoms with E-state index in [2.05, 4.69) is 26.7 Å². The van der Waals surface area contributed by atoms with Gasteiger partial charge in [-0.25, -0.2) is 14.3 Å². The van der Waals surface area contributed by atoms with Gasteiger partial charge in [-0.1, -0.05) is 18.2 Å². The Morgan fingerprint density at radius 3 is 2.73 bits per heavy atom. The van der Waals surface area contributed by atoms with Crippen LogP contribution in [0.1, 0.15) is 37.7 Å². The Bertz CT molecular complexity index is 1620. The molecule has 0 saturated carbocycles. The number of rotatable bonds is 5. The van der Waals surface area contributed by atoms with E-state index < -0.39 is 17.5 Å². The number of fused-ring (bicyclic) bond motifs is 1. The highest BCUT2D eigenvalue weighted by molar-refractivity contribution is 5.94. The van der Waals surface area contributed by atoms with E-state index >= 15 is 0 Å². The summed E-state index contributed by atoms with van der Waals surface area (Å²) in [5.41, 5.74) is 2.16. The fourth-order valence-corrected chi connectivity index (χ4v) is 3.81. The number of carbonyl (C=O) groups is 1. The molecule has 0 aliphatic rings. The summed E-state index contributed by atoms with van der Waals surface area (Å²) in [4.78, 5) is 24.6. The second-order valence-electron chi connectivity index (χ2n) is 9.36. The van der Waals surface area contributed by atoms with Gasteiger partial charge in [0.1, 0.15) is 11.4 Å². The Labute approximate surface area is 212 Å². The molecule has 0 aliphatic heterocycles. The third kappa shape index (κ3) is 5.73. The first-order valence-corrected chi connectivity index (χ1v) is 11.4. The molecule has 188 valence electrons. The van der Waals surface area contributed by atoms with Crippen molar-refractivity contribution in [3.8, 4) is 17.2 Å². The SMILES string of the molecule is Cn1ncc(-c2ccc3c(=O)[nH]nc(CNC(=O)OC(C)(C)C)c3c2)c1/C=C(\C#N)c1cccc(F)c1. The maximum Gasteiger partial charge on any atom is 0.407 e. The van der Waals surface area contributed by atoms with Gasteiger partial charge in [0.15, 0.2) is 0 Å². The smallest absolute Gasteiger partial charge is 0.407 e. The van der Waals surface area contributed by atoms with E-state index in [0.29, 0.717) is 38.9 Å². The number of nitrogens with zero attached hydrogens (tertiary/aromatic N) is 4. The normalized spacial score (nSPS) is 11.8. The van der Waals surface area contributed by atoms with Crippen molar-refractivity contribution in [1.29, 1.82) is 5.26 Å². The molecule has 0 fully saturated rings. The van der Waals surface area contributed by atoms with E-state index in [1.165, 1.54) is 12.1 Å². The van der Waals surface area contributed by atoms with Gasteiger partial charge in [0, 0.05) is 18.0 Å². The maximum atomic E-state index is 13.8. The summed E-state index contributed by atoms with van der Waals surface area (Å²) in [6, 6.07) is 13.2. The minimum Gasteiger partial charge on any atom is -0.444 e. The summed E-state index contributed by atoms with van der Waals surface area (Å²) in [5, 5.41) is 24.3. The number of H-pyrrole nitrogens is 1. The van der Waals surface area contributed by atoms with Crippen molar-refractivity contribution in [2.45, 2.75) is 32.9 Å². The molecule has 37 heavy (non-hydrogen) atoms. The van der Waals surface area contributed by atoms with Crippen LogP contribution in [0.3, 0.4) is 0 Å². The lowest BCUT2D eigenvalue weighted by atomic mass is 9.99. The number of aromatic amines is 1. The van der Waals surface area contributed by atoms with Crippen molar-refractivity contribution in [2.75, 3.05) is 0 Å². The van der Waals surface area contributed by atoms with Crippen LogP contribution in [0.2, 0.25) is 0 Å². The fourth-order valence-electron chi connectivity index (χ4n) is 3.81. The average Bonchev–Trinajstić information content (AvgIpc) is 3.20. The number of aromatic nitrogens is 4. The molecule has 2 aromatic carbocycles. The van der Waals surface area contributed by atoms with Crippen molar-refractivity contribution in [2.24, 2.45) is 7.05 Å². The maximum absolute atomic E-state index is 13.8. The van der Waals surface area contributed by atoms with E-state index in [-0.39, 0.29) is 17.7 Å². The van der Waals surface area contributed by atoms with Crippen LogP contribution in [0.5, 0.6) is 0 Å². The Morgan fingerprint density at radius 1 is 1.24 bits per heavy atom. The van der Waals surface area contributed by atoms with Crippen molar-refractivity contribution in [3.05, 3.63) is 81.8 Å². The number of ether oxygens (including phenoxy) is 1. The topological polar surface area (TPSA) is 126 Å². The predicted octanol–water partition coefficient (Wildman–Crippen LogP) is 4.55. The van der Waals surface area contributed by atoms with E-state index in [1.54, 1.807) is 75.1 Å². The lowest BCUT2D eigenvalue weighted by molar-refractivity contribution is 0.0523. The number of hydrogen-bond donors (Lipinski definition) is 2. The molecular formula is C27H25FN6O3. The van der Waals surface area contributed by atoms with Gasteiger partial charge in [-0.15, -0.1) is 0 Å². The Hall–Kier alpha value is -4.78. The van der Waals surface area contributed by atoms with Gasteiger partial charge in [0.2, 0.25) is 0 Å². The van der Waals surface area contributed by atoms with E-state index in [4.69, 9.17) is 4.74 Å². The van der Waals surface area contributed by atoms with Gasteiger partial charge >= 0.3 is 6.09 Å². The molecule has 0 saturated heterocycles. The second kappa shape index (κ2) is 10.1. The lowest BCUT2D eigenvalue weighted by Gasteiger charge is -2.19. The number of halogens is 1. The van der Waals surface area contributed by atoms with Gasteiger partial charge in [0.25, 0.3) is 5.56 Å². The Morgan fingerprint density at radius 2 is 2.03 bits per heavy atom. The third-order valence-electron chi connectivity index (χ3n) is 5.50. The van der Waals surface area contributed by atoms with E-state index in [1.807, 2.05) is 0 Å². The highest BCUT2D eigenvalue weighted by Gasteiger charge is 2.18. The molecule has 2 heterocycles. The third-order valence-corrected chi connectivity index (χ3v) is 5.50. The predicted molar refractivity (Wildman–Crippen MR) is 138 cm³/mol. The van der Waals surface area contributed by atoms with Crippen molar-refractivity contribution in [3.63, 3.8) is 0 Å². The van der Waals surface area contributed by atoms with E-state index in [0.717, 1.165) is 0 Å².